The Labute approximate surface area is 161 Å². The third kappa shape index (κ3) is 3.19. The molecule has 5 rings (SSSR count). The highest BCUT2D eigenvalue weighted by molar-refractivity contribution is 7.18. The van der Waals surface area contributed by atoms with Crippen molar-refractivity contribution in [3.63, 3.8) is 0 Å². The number of nitrogens with zero attached hydrogens (tertiary/aromatic N) is 3. The maximum Gasteiger partial charge on any atom is 0.259 e. The molecule has 1 atom stereocenters. The molecule has 8 heteroatoms. The number of fused-ring (bicyclic) bond motifs is 3. The second-order valence-electron chi connectivity index (χ2n) is 7.65. The molecular weight excluding hydrogens is 364 g/mol. The van der Waals surface area contributed by atoms with Gasteiger partial charge in [-0.3, -0.25) is 14.5 Å². The number of aromatic amines is 1. The number of H-pyrrole nitrogens is 1. The molecule has 1 amide bonds. The maximum absolute atomic E-state index is 12.6. The molecular formula is C19H24N4O3S. The Morgan fingerprint density at radius 2 is 2.07 bits per heavy atom. The van der Waals surface area contributed by atoms with E-state index in [9.17, 15) is 9.59 Å². The summed E-state index contributed by atoms with van der Waals surface area (Å²) in [5, 5.41) is 0.809. The van der Waals surface area contributed by atoms with Gasteiger partial charge < -0.3 is 14.6 Å². The number of nitrogens with one attached hydrogen (secondary N) is 1. The molecule has 0 unspecified atom stereocenters. The topological polar surface area (TPSA) is 78.5 Å². The Morgan fingerprint density at radius 3 is 2.85 bits per heavy atom. The molecule has 0 spiro atoms. The summed E-state index contributed by atoms with van der Waals surface area (Å²) in [5.74, 6) is 0.861. The minimum absolute atomic E-state index is 0.00148. The van der Waals surface area contributed by atoms with Crippen molar-refractivity contribution in [2.45, 2.75) is 44.8 Å². The molecule has 2 aromatic rings. The summed E-state index contributed by atoms with van der Waals surface area (Å²) in [6.45, 7) is 4.32. The first-order valence-corrected chi connectivity index (χ1v) is 10.7. The number of hydrogen-bond acceptors (Lipinski definition) is 6. The van der Waals surface area contributed by atoms with Crippen molar-refractivity contribution in [3.8, 4) is 0 Å². The second kappa shape index (κ2) is 7.00. The lowest BCUT2D eigenvalue weighted by Gasteiger charge is -2.35. The standard InChI is InChI=1S/C19H24N4O3S/c24-17-16-12-3-1-5-14(12)27-18(16)21-15(20-17)11-22-6-8-23(9-7-22)19(25)13-4-2-10-26-13/h13H,1-11H2,(H,20,21,24)/t13-/m0/s1. The van der Waals surface area contributed by atoms with Gasteiger partial charge in [0.2, 0.25) is 0 Å². The molecule has 2 fully saturated rings. The van der Waals surface area contributed by atoms with Crippen LogP contribution in [0, 0.1) is 0 Å². The van der Waals surface area contributed by atoms with E-state index in [1.807, 2.05) is 4.90 Å². The van der Waals surface area contributed by atoms with Crippen LogP contribution in [0.15, 0.2) is 4.79 Å². The molecule has 0 radical (unpaired) electrons. The van der Waals surface area contributed by atoms with Crippen LogP contribution in [-0.4, -0.2) is 64.6 Å². The molecule has 7 nitrogen and oxygen atoms in total. The fraction of sp³-hybridized carbons (Fsp3) is 0.632. The van der Waals surface area contributed by atoms with E-state index in [-0.39, 0.29) is 17.6 Å². The lowest BCUT2D eigenvalue weighted by molar-refractivity contribution is -0.142. The van der Waals surface area contributed by atoms with Gasteiger partial charge in [0, 0.05) is 37.7 Å². The third-order valence-electron chi connectivity index (χ3n) is 5.89. The minimum atomic E-state index is -0.238. The predicted octanol–water partition coefficient (Wildman–Crippen LogP) is 1.30. The van der Waals surface area contributed by atoms with Gasteiger partial charge in [-0.2, -0.15) is 0 Å². The van der Waals surface area contributed by atoms with Gasteiger partial charge in [0.25, 0.3) is 11.5 Å². The Bertz CT molecular complexity index is 923. The van der Waals surface area contributed by atoms with Gasteiger partial charge in [-0.25, -0.2) is 4.98 Å². The highest BCUT2D eigenvalue weighted by Gasteiger charge is 2.30. The first kappa shape index (κ1) is 17.3. The van der Waals surface area contributed by atoms with Crippen LogP contribution < -0.4 is 5.56 Å². The molecule has 1 N–H and O–H groups in total. The lowest BCUT2D eigenvalue weighted by Crippen LogP contribution is -2.51. The predicted molar refractivity (Wildman–Crippen MR) is 103 cm³/mol. The third-order valence-corrected chi connectivity index (χ3v) is 7.07. The van der Waals surface area contributed by atoms with Crippen LogP contribution in [-0.2, 0) is 28.9 Å². The van der Waals surface area contributed by atoms with E-state index in [4.69, 9.17) is 9.72 Å². The van der Waals surface area contributed by atoms with Crippen molar-refractivity contribution < 1.29 is 9.53 Å². The quantitative estimate of drug-likeness (QED) is 0.857. The Kier molecular flexibility index (Phi) is 4.49. The summed E-state index contributed by atoms with van der Waals surface area (Å²) >= 11 is 1.68. The summed E-state index contributed by atoms with van der Waals surface area (Å²) < 4.78 is 5.52. The normalized spacial score (nSPS) is 23.3. The van der Waals surface area contributed by atoms with Crippen molar-refractivity contribution in [2.24, 2.45) is 0 Å². The van der Waals surface area contributed by atoms with Crippen LogP contribution in [0.25, 0.3) is 10.2 Å². The maximum atomic E-state index is 12.6. The van der Waals surface area contributed by atoms with Crippen molar-refractivity contribution >= 4 is 27.5 Å². The van der Waals surface area contributed by atoms with Gasteiger partial charge in [0.05, 0.1) is 11.9 Å². The van der Waals surface area contributed by atoms with Crippen LogP contribution >= 0.6 is 11.3 Å². The number of aromatic nitrogens is 2. The summed E-state index contributed by atoms with van der Waals surface area (Å²) in [5.41, 5.74) is 1.22. The molecule has 27 heavy (non-hydrogen) atoms. The van der Waals surface area contributed by atoms with Gasteiger partial charge in [-0.15, -0.1) is 11.3 Å². The second-order valence-corrected chi connectivity index (χ2v) is 8.74. The van der Waals surface area contributed by atoms with E-state index in [0.29, 0.717) is 26.2 Å². The van der Waals surface area contributed by atoms with Crippen molar-refractivity contribution in [1.29, 1.82) is 0 Å². The van der Waals surface area contributed by atoms with Gasteiger partial charge in [0.15, 0.2) is 0 Å². The molecule has 0 aromatic carbocycles. The number of carbonyl (C=O) groups excluding carboxylic acids is 1. The van der Waals surface area contributed by atoms with Gasteiger partial charge in [-0.05, 0) is 37.7 Å². The Hall–Kier alpha value is -1.77. The van der Waals surface area contributed by atoms with Crippen molar-refractivity contribution in [3.05, 3.63) is 26.6 Å². The molecule has 2 aromatic heterocycles. The molecule has 0 bridgehead atoms. The number of carbonyl (C=O) groups is 1. The molecule has 0 saturated carbocycles. The highest BCUT2D eigenvalue weighted by Crippen LogP contribution is 2.34. The van der Waals surface area contributed by atoms with Crippen LogP contribution in [0.1, 0.15) is 35.5 Å². The highest BCUT2D eigenvalue weighted by atomic mass is 32.1. The Balaban J connectivity index is 1.25. The van der Waals surface area contributed by atoms with Crippen LogP contribution in [0.3, 0.4) is 0 Å². The van der Waals surface area contributed by atoms with Gasteiger partial charge in [-0.1, -0.05) is 0 Å². The average Bonchev–Trinajstić information content (AvgIpc) is 3.38. The molecule has 4 heterocycles. The van der Waals surface area contributed by atoms with E-state index >= 15 is 0 Å². The zero-order valence-electron chi connectivity index (χ0n) is 15.3. The van der Waals surface area contributed by atoms with Crippen LogP contribution in [0.4, 0.5) is 0 Å². The molecule has 3 aliphatic rings. The summed E-state index contributed by atoms with van der Waals surface area (Å²) in [6, 6.07) is 0. The molecule has 1 aliphatic carbocycles. The first-order valence-electron chi connectivity index (χ1n) is 9.85. The van der Waals surface area contributed by atoms with Crippen molar-refractivity contribution in [2.75, 3.05) is 32.8 Å². The number of aryl methyl sites for hydroxylation is 2. The number of thiophene rings is 1. The van der Waals surface area contributed by atoms with E-state index in [1.54, 1.807) is 11.3 Å². The van der Waals surface area contributed by atoms with E-state index in [2.05, 4.69) is 9.88 Å². The number of piperazine rings is 1. The Morgan fingerprint density at radius 1 is 1.22 bits per heavy atom. The lowest BCUT2D eigenvalue weighted by atomic mass is 10.2. The largest absolute Gasteiger partial charge is 0.368 e. The number of rotatable bonds is 3. The molecule has 2 aliphatic heterocycles. The number of hydrogen-bond donors (Lipinski definition) is 1. The molecule has 2 saturated heterocycles. The smallest absolute Gasteiger partial charge is 0.259 e. The first-order chi connectivity index (χ1) is 13.2. The van der Waals surface area contributed by atoms with E-state index in [1.165, 1.54) is 10.4 Å². The summed E-state index contributed by atoms with van der Waals surface area (Å²) in [4.78, 5) is 39.1. The van der Waals surface area contributed by atoms with Gasteiger partial charge >= 0.3 is 0 Å². The zero-order valence-corrected chi connectivity index (χ0v) is 16.1. The summed E-state index contributed by atoms with van der Waals surface area (Å²) in [7, 11) is 0. The zero-order chi connectivity index (χ0) is 18.4. The monoisotopic (exact) mass is 388 g/mol. The SMILES string of the molecule is O=C([C@@H]1CCCO1)N1CCN(Cc2nc3sc4c(c3c(=O)[nH]2)CCC4)CC1. The van der Waals surface area contributed by atoms with Gasteiger partial charge in [0.1, 0.15) is 16.8 Å². The summed E-state index contributed by atoms with van der Waals surface area (Å²) in [6.07, 6.45) is 4.80. The average molecular weight is 388 g/mol. The number of ether oxygens (including phenoxy) is 1. The van der Waals surface area contributed by atoms with E-state index in [0.717, 1.165) is 61.2 Å². The number of amides is 1. The van der Waals surface area contributed by atoms with E-state index < -0.39 is 0 Å². The fourth-order valence-corrected chi connectivity index (χ4v) is 5.72. The van der Waals surface area contributed by atoms with Crippen LogP contribution in [0.2, 0.25) is 0 Å². The van der Waals surface area contributed by atoms with Crippen molar-refractivity contribution in [1.82, 2.24) is 19.8 Å². The minimum Gasteiger partial charge on any atom is -0.368 e. The fourth-order valence-electron chi connectivity index (χ4n) is 4.44. The van der Waals surface area contributed by atoms with Crippen LogP contribution in [0.5, 0.6) is 0 Å². The molecule has 144 valence electrons.